The van der Waals surface area contributed by atoms with E-state index < -0.39 is 35.4 Å². The maximum Gasteiger partial charge on any atom is 0.291 e. The molecule has 0 aliphatic carbocycles. The molecular weight excluding hydrogens is 386 g/mol. The number of nitrogens with two attached hydrogens (primary N) is 1. The average molecular weight is 409 g/mol. The number of nitrogens with zero attached hydrogens (tertiary/aromatic N) is 1. The molecule has 3 amide bonds. The fourth-order valence-corrected chi connectivity index (χ4v) is 5.30. The minimum Gasteiger partial charge on any atom is -0.387 e. The number of hydrogen-bond acceptors (Lipinski definition) is 5. The number of carbonyl (C=O) groups is 3. The van der Waals surface area contributed by atoms with Crippen LogP contribution in [0.1, 0.15) is 18.1 Å². The minimum atomic E-state index is -1.33. The van der Waals surface area contributed by atoms with Crippen LogP contribution in [0.4, 0.5) is 5.69 Å². The summed E-state index contributed by atoms with van der Waals surface area (Å²) < 4.78 is 5.02. The Kier molecular flexibility index (Phi) is 4.50. The number of aliphatic hydroxyl groups is 1. The van der Waals surface area contributed by atoms with Crippen LogP contribution < -0.4 is 10.6 Å². The van der Waals surface area contributed by atoms with Crippen LogP contribution in [0.5, 0.6) is 0 Å². The van der Waals surface area contributed by atoms with E-state index in [1.165, 1.54) is 7.11 Å². The van der Waals surface area contributed by atoms with Crippen LogP contribution in [-0.4, -0.2) is 60.1 Å². The largest absolute Gasteiger partial charge is 0.387 e. The third kappa shape index (κ3) is 2.38. The molecule has 1 aromatic rings. The molecule has 0 radical (unpaired) electrons. The summed E-state index contributed by atoms with van der Waals surface area (Å²) in [5, 5.41) is 15.2. The Morgan fingerprint density at radius 3 is 2.71 bits per heavy atom. The van der Waals surface area contributed by atoms with Gasteiger partial charge in [0.25, 0.3) is 5.91 Å². The zero-order valence-corrected chi connectivity index (χ0v) is 16.6. The number of ether oxygens (including phenoxy) is 1. The first-order valence-electron chi connectivity index (χ1n) is 9.24. The second kappa shape index (κ2) is 6.52. The van der Waals surface area contributed by atoms with Crippen molar-refractivity contribution in [2.75, 3.05) is 25.6 Å². The molecule has 2 fully saturated rings. The van der Waals surface area contributed by atoms with Crippen LogP contribution in [-0.2, 0) is 24.7 Å². The topological polar surface area (TPSA) is 113 Å². The number of anilines is 1. The lowest BCUT2D eigenvalue weighted by Gasteiger charge is -2.27. The molecule has 0 saturated carbocycles. The predicted octanol–water partition coefficient (Wildman–Crippen LogP) is -0.630. The number of nitrogens with one attached hydrogen (secondary N) is 1. The zero-order valence-electron chi connectivity index (χ0n) is 15.9. The highest BCUT2D eigenvalue weighted by Crippen LogP contribution is 2.51. The van der Waals surface area contributed by atoms with Gasteiger partial charge in [-0.15, -0.1) is 0 Å². The molecule has 2 saturated heterocycles. The Morgan fingerprint density at radius 2 is 2.07 bits per heavy atom. The number of fused-ring (bicyclic) bond motifs is 4. The number of benzene rings is 1. The summed E-state index contributed by atoms with van der Waals surface area (Å²) in [6.07, 6.45) is -0.886. The first kappa shape index (κ1) is 19.3. The molecule has 9 heteroatoms. The third-order valence-corrected chi connectivity index (χ3v) is 6.47. The summed E-state index contributed by atoms with van der Waals surface area (Å²) in [4.78, 5) is 40.7. The normalized spacial score (nSPS) is 32.1. The predicted molar refractivity (Wildman–Crippen MR) is 99.5 cm³/mol. The number of aryl methyl sites for hydroxylation is 1. The molecule has 0 aromatic heterocycles. The summed E-state index contributed by atoms with van der Waals surface area (Å²) in [5.41, 5.74) is 0.578. The van der Waals surface area contributed by atoms with Crippen molar-refractivity contribution in [3.63, 3.8) is 0 Å². The molecule has 150 valence electrons. The monoisotopic (exact) mass is 408 g/mol. The van der Waals surface area contributed by atoms with E-state index >= 15 is 0 Å². The Bertz CT molecular complexity index is 889. The molecule has 3 aliphatic heterocycles. The van der Waals surface area contributed by atoms with Crippen molar-refractivity contribution in [3.8, 4) is 0 Å². The molecule has 28 heavy (non-hydrogen) atoms. The van der Waals surface area contributed by atoms with Crippen molar-refractivity contribution in [2.45, 2.75) is 31.5 Å². The highest BCUT2D eigenvalue weighted by Gasteiger charge is 2.75. The van der Waals surface area contributed by atoms with Crippen LogP contribution in [0.15, 0.2) is 12.1 Å². The van der Waals surface area contributed by atoms with Crippen molar-refractivity contribution in [1.82, 2.24) is 4.90 Å². The highest BCUT2D eigenvalue weighted by atomic mass is 35.5. The smallest absolute Gasteiger partial charge is 0.291 e. The number of rotatable bonds is 4. The number of amides is 3. The van der Waals surface area contributed by atoms with Crippen molar-refractivity contribution in [1.29, 1.82) is 0 Å². The second-order valence-electron chi connectivity index (χ2n) is 7.80. The van der Waals surface area contributed by atoms with Gasteiger partial charge in [-0.05, 0) is 31.5 Å². The van der Waals surface area contributed by atoms with Gasteiger partial charge in [0.15, 0.2) is 0 Å². The lowest BCUT2D eigenvalue weighted by molar-refractivity contribution is -0.738. The van der Waals surface area contributed by atoms with E-state index in [-0.39, 0.29) is 25.0 Å². The average Bonchev–Trinajstić information content (AvgIpc) is 3.21. The van der Waals surface area contributed by atoms with Gasteiger partial charge in [-0.1, -0.05) is 11.6 Å². The van der Waals surface area contributed by atoms with Gasteiger partial charge >= 0.3 is 0 Å². The number of carbonyl (C=O) groups excluding carboxylic acids is 3. The van der Waals surface area contributed by atoms with Gasteiger partial charge in [0.05, 0.1) is 23.9 Å². The quantitative estimate of drug-likeness (QED) is 0.574. The summed E-state index contributed by atoms with van der Waals surface area (Å²) in [5.74, 6) is -2.86. The molecular formula is C19H23ClN3O5+. The number of aliphatic hydroxyl groups excluding tert-OH is 1. The van der Waals surface area contributed by atoms with Gasteiger partial charge in [0, 0.05) is 12.7 Å². The Morgan fingerprint density at radius 1 is 1.36 bits per heavy atom. The molecule has 1 spiro atoms. The molecule has 3 aliphatic rings. The standard InChI is InChI=1S/C19H22ClN3O5/c1-8-6-10-15(11(20)7-8)21-18(27)19(10)13-12(14(22-19)9(2)24)16(25)23(17(13)26)4-5-28-3/h6-7,9,12-14,22,24H,4-5H2,1-3H3,(H,21,27)/p+1/t9-,12+,13+,14-,19+/m1/s1. The molecule has 3 heterocycles. The zero-order chi connectivity index (χ0) is 20.4. The van der Waals surface area contributed by atoms with Crippen LogP contribution in [0.2, 0.25) is 5.02 Å². The van der Waals surface area contributed by atoms with Crippen molar-refractivity contribution < 1.29 is 29.5 Å². The van der Waals surface area contributed by atoms with Gasteiger partial charge in [-0.2, -0.15) is 0 Å². The third-order valence-electron chi connectivity index (χ3n) is 6.17. The number of likely N-dealkylation sites (tertiary alicyclic amines) is 1. The Hall–Kier alpha value is -2.00. The van der Waals surface area contributed by atoms with E-state index in [0.717, 1.165) is 10.5 Å². The van der Waals surface area contributed by atoms with Gasteiger partial charge in [-0.3, -0.25) is 19.3 Å². The van der Waals surface area contributed by atoms with E-state index in [4.69, 9.17) is 16.3 Å². The van der Waals surface area contributed by atoms with Crippen molar-refractivity contribution in [3.05, 3.63) is 28.3 Å². The molecule has 4 N–H and O–H groups in total. The van der Waals surface area contributed by atoms with E-state index in [1.807, 2.05) is 13.0 Å². The Balaban J connectivity index is 1.89. The summed E-state index contributed by atoms with van der Waals surface area (Å²) >= 11 is 6.35. The molecule has 4 rings (SSSR count). The molecule has 1 aromatic carbocycles. The summed E-state index contributed by atoms with van der Waals surface area (Å²) in [7, 11) is 1.49. The van der Waals surface area contributed by atoms with E-state index in [9.17, 15) is 19.5 Å². The van der Waals surface area contributed by atoms with Crippen LogP contribution >= 0.6 is 11.6 Å². The van der Waals surface area contributed by atoms with Crippen LogP contribution in [0, 0.1) is 18.8 Å². The fraction of sp³-hybridized carbons (Fsp3) is 0.526. The first-order chi connectivity index (χ1) is 13.2. The number of quaternary nitrogens is 1. The van der Waals surface area contributed by atoms with Gasteiger partial charge in [0.2, 0.25) is 17.4 Å². The number of hydrogen-bond donors (Lipinski definition) is 3. The summed E-state index contributed by atoms with van der Waals surface area (Å²) in [6.45, 7) is 3.76. The SMILES string of the molecule is COCCN1C(=O)[C@@H]2[C@@H]([C@@H](C)O)[NH2+][C@]3(C(=O)Nc4c(Cl)cc(C)cc43)[C@@H]2C1=O. The van der Waals surface area contributed by atoms with Gasteiger partial charge in [0.1, 0.15) is 24.0 Å². The maximum atomic E-state index is 13.3. The van der Waals surface area contributed by atoms with Crippen LogP contribution in [0.3, 0.4) is 0 Å². The van der Waals surface area contributed by atoms with Gasteiger partial charge < -0.3 is 20.5 Å². The number of methoxy groups -OCH3 is 1. The lowest BCUT2D eigenvalue weighted by atomic mass is 9.76. The maximum absolute atomic E-state index is 13.3. The minimum absolute atomic E-state index is 0.118. The van der Waals surface area contributed by atoms with Crippen molar-refractivity contribution >= 4 is 35.0 Å². The molecule has 0 unspecified atom stereocenters. The lowest BCUT2D eigenvalue weighted by Crippen LogP contribution is -3.00. The molecule has 5 atom stereocenters. The Labute approximate surface area is 167 Å². The van der Waals surface area contributed by atoms with Crippen molar-refractivity contribution in [2.24, 2.45) is 11.8 Å². The number of imide groups is 1. The van der Waals surface area contributed by atoms with E-state index in [2.05, 4.69) is 5.32 Å². The van der Waals surface area contributed by atoms with Gasteiger partial charge in [-0.25, -0.2) is 0 Å². The highest BCUT2D eigenvalue weighted by molar-refractivity contribution is 6.35. The van der Waals surface area contributed by atoms with E-state index in [0.29, 0.717) is 16.3 Å². The number of halogens is 1. The fourth-order valence-electron chi connectivity index (χ4n) is 4.98. The van der Waals surface area contributed by atoms with E-state index in [1.54, 1.807) is 18.3 Å². The second-order valence-corrected chi connectivity index (χ2v) is 8.21. The molecule has 0 bridgehead atoms. The van der Waals surface area contributed by atoms with Crippen LogP contribution in [0.25, 0.3) is 0 Å². The first-order valence-corrected chi connectivity index (χ1v) is 9.62. The molecule has 8 nitrogen and oxygen atoms in total. The summed E-state index contributed by atoms with van der Waals surface area (Å²) in [6, 6.07) is 2.95.